The number of aromatic nitrogens is 7. The monoisotopic (exact) mass is 572 g/mol. The molecule has 2 unspecified atom stereocenters. The van der Waals surface area contributed by atoms with Crippen molar-refractivity contribution >= 4 is 28.8 Å². The minimum absolute atomic E-state index is 0.00833. The molecule has 2 atom stereocenters. The Morgan fingerprint density at radius 1 is 1.10 bits per heavy atom. The third kappa shape index (κ3) is 5.42. The average molecular weight is 573 g/mol. The van der Waals surface area contributed by atoms with Gasteiger partial charge in [-0.15, -0.1) is 4.80 Å². The van der Waals surface area contributed by atoms with Gasteiger partial charge in [0.2, 0.25) is 5.91 Å². The van der Waals surface area contributed by atoms with Crippen molar-refractivity contribution < 1.29 is 26.7 Å². The van der Waals surface area contributed by atoms with Gasteiger partial charge in [-0.2, -0.15) is 28.5 Å². The zero-order valence-corrected chi connectivity index (χ0v) is 22.4. The van der Waals surface area contributed by atoms with Crippen molar-refractivity contribution in [1.82, 2.24) is 34.6 Å². The topological polar surface area (TPSA) is 103 Å². The number of halogens is 6. The van der Waals surface area contributed by atoms with Crippen LogP contribution in [0.25, 0.3) is 11.5 Å². The first-order valence-corrected chi connectivity index (χ1v) is 12.4. The molecule has 0 bridgehead atoms. The van der Waals surface area contributed by atoms with Crippen molar-refractivity contribution in [1.29, 1.82) is 0 Å². The second kappa shape index (κ2) is 11.6. The quantitative estimate of drug-likeness (QED) is 0.288. The van der Waals surface area contributed by atoms with Gasteiger partial charge in [0.15, 0.2) is 16.6 Å². The van der Waals surface area contributed by atoms with E-state index < -0.39 is 41.8 Å². The predicted octanol–water partition coefficient (Wildman–Crippen LogP) is 6.29. The third-order valence-electron chi connectivity index (χ3n) is 5.94. The number of anilines is 1. The van der Waals surface area contributed by atoms with Crippen molar-refractivity contribution in [3.63, 3.8) is 0 Å². The van der Waals surface area contributed by atoms with Crippen molar-refractivity contribution in [3.05, 3.63) is 58.9 Å². The van der Waals surface area contributed by atoms with E-state index in [0.29, 0.717) is 0 Å². The first kappa shape index (κ1) is 29.9. The zero-order valence-electron chi connectivity index (χ0n) is 21.6. The van der Waals surface area contributed by atoms with Gasteiger partial charge in [-0.1, -0.05) is 39.3 Å². The maximum atomic E-state index is 14.2. The Bertz CT molecular complexity index is 1440. The molecule has 4 aromatic rings. The molecule has 39 heavy (non-hydrogen) atoms. The van der Waals surface area contributed by atoms with Crippen LogP contribution in [0.3, 0.4) is 0 Å². The number of fused-ring (bicyclic) bond motifs is 3. The van der Waals surface area contributed by atoms with E-state index in [-0.39, 0.29) is 33.6 Å². The summed E-state index contributed by atoms with van der Waals surface area (Å²) in [7, 11) is 0. The first-order chi connectivity index (χ1) is 18.5. The summed E-state index contributed by atoms with van der Waals surface area (Å²) in [6, 6.07) is 2.28. The lowest BCUT2D eigenvalue weighted by molar-refractivity contribution is -0.187. The molecule has 0 saturated carbocycles. The number of carbonyl (C=O) groups excluding carboxylic acids is 1. The molecular formula is C24H26ClF5N8O. The van der Waals surface area contributed by atoms with E-state index in [1.807, 2.05) is 27.7 Å². The minimum Gasteiger partial charge on any atom is -0.324 e. The van der Waals surface area contributed by atoms with Gasteiger partial charge >= 0.3 is 6.18 Å². The van der Waals surface area contributed by atoms with Gasteiger partial charge in [0, 0.05) is 17.8 Å². The fourth-order valence-corrected chi connectivity index (χ4v) is 4.42. The minimum atomic E-state index is -4.73. The average Bonchev–Trinajstić information content (AvgIpc) is 3.63. The van der Waals surface area contributed by atoms with E-state index >= 15 is 0 Å². The lowest BCUT2D eigenvalue weighted by atomic mass is 9.85. The second-order valence-electron chi connectivity index (χ2n) is 8.13. The molecule has 15 heteroatoms. The summed E-state index contributed by atoms with van der Waals surface area (Å²) >= 11 is 5.88. The van der Waals surface area contributed by atoms with E-state index in [1.165, 1.54) is 24.7 Å². The molecular weight excluding hydrogens is 547 g/mol. The molecule has 210 valence electrons. The predicted molar refractivity (Wildman–Crippen MR) is 134 cm³/mol. The van der Waals surface area contributed by atoms with Crippen LogP contribution in [0.1, 0.15) is 70.2 Å². The van der Waals surface area contributed by atoms with Crippen LogP contribution in [-0.4, -0.2) is 46.7 Å². The largest absolute Gasteiger partial charge is 0.399 e. The Labute approximate surface area is 225 Å². The Morgan fingerprint density at radius 2 is 1.74 bits per heavy atom. The molecule has 5 rings (SSSR count). The van der Waals surface area contributed by atoms with E-state index in [4.69, 9.17) is 11.6 Å². The highest BCUT2D eigenvalue weighted by molar-refractivity contribution is 6.29. The molecule has 0 spiro atoms. The summed E-state index contributed by atoms with van der Waals surface area (Å²) in [5.74, 6) is -2.38. The van der Waals surface area contributed by atoms with Crippen molar-refractivity contribution in [2.24, 2.45) is 0 Å². The molecule has 0 aromatic carbocycles. The number of amides is 1. The van der Waals surface area contributed by atoms with Crippen molar-refractivity contribution in [3.8, 4) is 5.82 Å². The highest BCUT2D eigenvalue weighted by atomic mass is 35.5. The van der Waals surface area contributed by atoms with E-state index in [9.17, 15) is 26.7 Å². The lowest BCUT2D eigenvalue weighted by Gasteiger charge is -2.28. The molecule has 0 radical (unpaired) electrons. The molecule has 4 aromatic heterocycles. The Balaban J connectivity index is 0.00000100. The standard InChI is InChI=1S/C20H14ClF5N8O.2C2H6/c1-19(20(24,25)26)6-11(12-8-27-14-5-13(21)32-33(14)15(12)19)18(35)31-9-4-10(16(22)23)17(28-7-9)34-29-2-3-30-34;2*1-2/h2-5,7-8,11,16H,6H2,1H3,(H,31,35);2*1-2H3. The van der Waals surface area contributed by atoms with Gasteiger partial charge in [-0.05, 0) is 19.4 Å². The molecule has 4 heterocycles. The Hall–Kier alpha value is -3.68. The second-order valence-corrected chi connectivity index (χ2v) is 8.52. The number of hydrogen-bond donors (Lipinski definition) is 1. The van der Waals surface area contributed by atoms with Gasteiger partial charge in [-0.25, -0.2) is 23.3 Å². The molecule has 1 N–H and O–H groups in total. The molecule has 1 aliphatic rings. The maximum Gasteiger partial charge on any atom is 0.399 e. The normalized spacial score (nSPS) is 18.2. The van der Waals surface area contributed by atoms with Crippen molar-refractivity contribution in [2.75, 3.05) is 5.32 Å². The Morgan fingerprint density at radius 3 is 2.33 bits per heavy atom. The van der Waals surface area contributed by atoms with E-state index in [2.05, 4.69) is 30.6 Å². The fourth-order valence-electron chi connectivity index (χ4n) is 4.25. The number of rotatable bonds is 4. The molecule has 1 amide bonds. The smallest absolute Gasteiger partial charge is 0.324 e. The number of nitrogens with one attached hydrogen (secondary N) is 1. The summed E-state index contributed by atoms with van der Waals surface area (Å²) in [6.07, 6.45) is -3.52. The van der Waals surface area contributed by atoms with Gasteiger partial charge in [0.05, 0.1) is 41.5 Å². The van der Waals surface area contributed by atoms with Crippen LogP contribution in [0.4, 0.5) is 27.6 Å². The number of hydrogen-bond acceptors (Lipinski definition) is 6. The zero-order chi connectivity index (χ0) is 29.1. The van der Waals surface area contributed by atoms with Crippen LogP contribution in [0, 0.1) is 0 Å². The van der Waals surface area contributed by atoms with Crippen molar-refractivity contribution in [2.45, 2.75) is 65.0 Å². The SMILES string of the molecule is CC.CC.CC1(C(F)(F)F)CC(C(=O)Nc2cnc(-n3nccn3)c(C(F)F)c2)c2cnc3cc(Cl)nn3c21. The summed E-state index contributed by atoms with van der Waals surface area (Å²) in [5.41, 5.74) is -3.29. The number of alkyl halides is 5. The van der Waals surface area contributed by atoms with Crippen LogP contribution in [-0.2, 0) is 10.2 Å². The molecule has 0 saturated heterocycles. The van der Waals surface area contributed by atoms with Crippen LogP contribution in [0.5, 0.6) is 0 Å². The first-order valence-electron chi connectivity index (χ1n) is 12.1. The molecule has 0 aliphatic heterocycles. The van der Waals surface area contributed by atoms with Gasteiger partial charge in [0.1, 0.15) is 5.41 Å². The highest BCUT2D eigenvalue weighted by Gasteiger charge is 2.60. The van der Waals surface area contributed by atoms with Crippen LogP contribution < -0.4 is 5.32 Å². The fraction of sp³-hybridized carbons (Fsp3) is 0.417. The third-order valence-corrected chi connectivity index (χ3v) is 6.13. The summed E-state index contributed by atoms with van der Waals surface area (Å²) in [6.45, 7) is 8.97. The van der Waals surface area contributed by atoms with E-state index in [0.717, 1.165) is 28.5 Å². The summed E-state index contributed by atoms with van der Waals surface area (Å²) in [5, 5.41) is 13.8. The lowest BCUT2D eigenvalue weighted by Crippen LogP contribution is -2.39. The van der Waals surface area contributed by atoms with Gasteiger partial charge < -0.3 is 5.32 Å². The highest BCUT2D eigenvalue weighted by Crippen LogP contribution is 2.54. The van der Waals surface area contributed by atoms with Crippen LogP contribution >= 0.6 is 11.6 Å². The maximum absolute atomic E-state index is 14.2. The van der Waals surface area contributed by atoms with Crippen LogP contribution in [0.2, 0.25) is 5.15 Å². The molecule has 1 aliphatic carbocycles. The van der Waals surface area contributed by atoms with Gasteiger partial charge in [-0.3, -0.25) is 4.79 Å². The number of carbonyl (C=O) groups is 1. The Kier molecular flexibility index (Phi) is 8.88. The summed E-state index contributed by atoms with van der Waals surface area (Å²) < 4.78 is 70.9. The van der Waals surface area contributed by atoms with Crippen LogP contribution in [0.15, 0.2) is 36.9 Å². The molecule has 0 fully saturated rings. The van der Waals surface area contributed by atoms with Gasteiger partial charge in [0.25, 0.3) is 6.43 Å². The molecule has 9 nitrogen and oxygen atoms in total. The van der Waals surface area contributed by atoms with E-state index in [1.54, 1.807) is 0 Å². The number of pyridine rings is 1. The number of nitrogens with zero attached hydrogens (tertiary/aromatic N) is 7. The summed E-state index contributed by atoms with van der Waals surface area (Å²) in [4.78, 5) is 22.0.